The van der Waals surface area contributed by atoms with Crippen molar-refractivity contribution in [3.05, 3.63) is 28.7 Å². The summed E-state index contributed by atoms with van der Waals surface area (Å²) < 4.78 is 11.8. The van der Waals surface area contributed by atoms with Crippen molar-refractivity contribution in [2.75, 3.05) is 46.0 Å². The van der Waals surface area contributed by atoms with Crippen molar-refractivity contribution >= 4 is 21.8 Å². The van der Waals surface area contributed by atoms with Crippen molar-refractivity contribution in [2.24, 2.45) is 0 Å². The Labute approximate surface area is 140 Å². The van der Waals surface area contributed by atoms with Crippen molar-refractivity contribution in [3.63, 3.8) is 0 Å². The number of hydrogen-bond donors (Lipinski definition) is 1. The van der Waals surface area contributed by atoms with Gasteiger partial charge in [0, 0.05) is 24.1 Å². The lowest BCUT2D eigenvalue weighted by Crippen LogP contribution is -2.38. The van der Waals surface area contributed by atoms with E-state index in [2.05, 4.69) is 26.1 Å². The molecule has 2 rings (SSSR count). The summed E-state index contributed by atoms with van der Waals surface area (Å²) in [6.45, 7) is 5.75. The molecule has 5 nitrogen and oxygen atoms in total. The molecular formula is C16H23BrN2O3. The Bertz CT molecular complexity index is 464. The van der Waals surface area contributed by atoms with Gasteiger partial charge < -0.3 is 14.8 Å². The molecule has 6 heteroatoms. The number of halogens is 1. The zero-order valence-corrected chi connectivity index (χ0v) is 14.3. The van der Waals surface area contributed by atoms with Gasteiger partial charge in [0.05, 0.1) is 26.2 Å². The summed E-state index contributed by atoms with van der Waals surface area (Å²) in [6.07, 6.45) is 1.35. The second-order valence-corrected chi connectivity index (χ2v) is 6.13. The maximum atomic E-state index is 11.7. The Hall–Kier alpha value is -1.11. The number of nitrogens with one attached hydrogen (secondary N) is 1. The van der Waals surface area contributed by atoms with Gasteiger partial charge in [0.25, 0.3) is 0 Å². The first-order valence-corrected chi connectivity index (χ1v) is 8.48. The lowest BCUT2D eigenvalue weighted by molar-refractivity contribution is -0.121. The fourth-order valence-electron chi connectivity index (χ4n) is 2.26. The number of nitrogens with zero attached hydrogens (tertiary/aromatic N) is 1. The van der Waals surface area contributed by atoms with E-state index >= 15 is 0 Å². The second kappa shape index (κ2) is 9.82. The molecule has 1 N–H and O–H groups in total. The van der Waals surface area contributed by atoms with Crippen LogP contribution in [-0.4, -0.2) is 56.8 Å². The largest absolute Gasteiger partial charge is 0.493 e. The van der Waals surface area contributed by atoms with E-state index in [1.807, 2.05) is 24.3 Å². The van der Waals surface area contributed by atoms with Crippen LogP contribution in [0.25, 0.3) is 0 Å². The third kappa shape index (κ3) is 6.77. The fourth-order valence-corrected chi connectivity index (χ4v) is 2.64. The maximum absolute atomic E-state index is 11.7. The summed E-state index contributed by atoms with van der Waals surface area (Å²) in [5.74, 6) is 0.812. The molecule has 1 aromatic carbocycles. The van der Waals surface area contributed by atoms with Gasteiger partial charge in [-0.05, 0) is 31.2 Å². The topological polar surface area (TPSA) is 50.8 Å². The van der Waals surface area contributed by atoms with Crippen molar-refractivity contribution < 1.29 is 14.3 Å². The molecule has 0 radical (unpaired) electrons. The molecule has 1 aliphatic heterocycles. The quantitative estimate of drug-likeness (QED) is 0.711. The van der Waals surface area contributed by atoms with Gasteiger partial charge >= 0.3 is 0 Å². The first-order valence-electron chi connectivity index (χ1n) is 7.69. The molecule has 0 aliphatic carbocycles. The predicted octanol–water partition coefficient (Wildman–Crippen LogP) is 2.06. The number of benzene rings is 1. The van der Waals surface area contributed by atoms with Crippen LogP contribution in [0.4, 0.5) is 0 Å². The van der Waals surface area contributed by atoms with Crippen LogP contribution in [-0.2, 0) is 9.53 Å². The number of amides is 1. The summed E-state index contributed by atoms with van der Waals surface area (Å²) in [4.78, 5) is 14.1. The first kappa shape index (κ1) is 17.2. The zero-order valence-electron chi connectivity index (χ0n) is 12.7. The number of hydrogen-bond acceptors (Lipinski definition) is 4. The van der Waals surface area contributed by atoms with Gasteiger partial charge in [0.1, 0.15) is 5.75 Å². The van der Waals surface area contributed by atoms with Crippen LogP contribution in [0.2, 0.25) is 0 Å². The highest BCUT2D eigenvalue weighted by atomic mass is 79.9. The molecule has 0 aromatic heterocycles. The average molecular weight is 371 g/mol. The minimum Gasteiger partial charge on any atom is -0.493 e. The molecule has 1 aromatic rings. The first-order chi connectivity index (χ1) is 10.7. The van der Waals surface area contributed by atoms with Gasteiger partial charge in [-0.15, -0.1) is 0 Å². The molecule has 0 unspecified atom stereocenters. The summed E-state index contributed by atoms with van der Waals surface area (Å²) in [5, 5.41) is 2.93. The van der Waals surface area contributed by atoms with Crippen molar-refractivity contribution in [2.45, 2.75) is 12.8 Å². The van der Waals surface area contributed by atoms with Crippen LogP contribution in [0.1, 0.15) is 12.8 Å². The van der Waals surface area contributed by atoms with E-state index in [-0.39, 0.29) is 5.91 Å². The molecule has 1 aliphatic rings. The molecule has 22 heavy (non-hydrogen) atoms. The number of ether oxygens (including phenoxy) is 2. The minimum atomic E-state index is 0.0389. The van der Waals surface area contributed by atoms with Gasteiger partial charge in [-0.2, -0.15) is 0 Å². The van der Waals surface area contributed by atoms with Crippen LogP contribution in [0.15, 0.2) is 28.7 Å². The summed E-state index contributed by atoms with van der Waals surface area (Å²) in [7, 11) is 0. The highest BCUT2D eigenvalue weighted by Gasteiger charge is 2.09. The molecule has 1 fully saturated rings. The van der Waals surface area contributed by atoms with E-state index in [1.54, 1.807) is 0 Å². The van der Waals surface area contributed by atoms with E-state index in [4.69, 9.17) is 9.47 Å². The third-order valence-corrected chi connectivity index (χ3v) is 3.96. The predicted molar refractivity (Wildman–Crippen MR) is 89.1 cm³/mol. The molecule has 0 bridgehead atoms. The van der Waals surface area contributed by atoms with E-state index < -0.39 is 0 Å². The number of rotatable bonds is 8. The fraction of sp³-hybridized carbons (Fsp3) is 0.562. The number of morpholine rings is 1. The molecule has 1 saturated heterocycles. The normalized spacial score (nSPS) is 15.5. The summed E-state index contributed by atoms with van der Waals surface area (Å²) >= 11 is 3.39. The van der Waals surface area contributed by atoms with Crippen LogP contribution >= 0.6 is 15.9 Å². The van der Waals surface area contributed by atoms with E-state index in [0.29, 0.717) is 19.6 Å². The standard InChI is InChI=1S/C16H23BrN2O3/c17-14-3-1-4-15(13-14)22-10-5-16(20)18-6-2-7-19-8-11-21-12-9-19/h1,3-4,13H,2,5-12H2,(H,18,20). The third-order valence-electron chi connectivity index (χ3n) is 3.47. The molecule has 0 atom stereocenters. The highest BCUT2D eigenvalue weighted by Crippen LogP contribution is 2.17. The van der Waals surface area contributed by atoms with E-state index in [0.717, 1.165) is 49.5 Å². The van der Waals surface area contributed by atoms with Crippen molar-refractivity contribution in [3.8, 4) is 5.75 Å². The second-order valence-electron chi connectivity index (χ2n) is 5.21. The van der Waals surface area contributed by atoms with Crippen LogP contribution < -0.4 is 10.1 Å². The molecule has 0 spiro atoms. The average Bonchev–Trinajstić information content (AvgIpc) is 2.53. The molecule has 1 heterocycles. The molecular weight excluding hydrogens is 348 g/mol. The van der Waals surface area contributed by atoms with Crippen LogP contribution in [0.5, 0.6) is 5.75 Å². The Morgan fingerprint density at radius 2 is 2.18 bits per heavy atom. The van der Waals surface area contributed by atoms with Gasteiger partial charge in [0.2, 0.25) is 5.91 Å². The molecule has 122 valence electrons. The lowest BCUT2D eigenvalue weighted by atomic mass is 10.3. The monoisotopic (exact) mass is 370 g/mol. The molecule has 1 amide bonds. The Morgan fingerprint density at radius 3 is 2.95 bits per heavy atom. The summed E-state index contributed by atoms with van der Waals surface area (Å²) in [6, 6.07) is 7.62. The van der Waals surface area contributed by atoms with Gasteiger partial charge in [0.15, 0.2) is 0 Å². The van der Waals surface area contributed by atoms with Crippen molar-refractivity contribution in [1.82, 2.24) is 10.2 Å². The lowest BCUT2D eigenvalue weighted by Gasteiger charge is -2.26. The van der Waals surface area contributed by atoms with Crippen LogP contribution in [0, 0.1) is 0 Å². The minimum absolute atomic E-state index is 0.0389. The van der Waals surface area contributed by atoms with Gasteiger partial charge in [-0.1, -0.05) is 22.0 Å². The van der Waals surface area contributed by atoms with Gasteiger partial charge in [-0.3, -0.25) is 9.69 Å². The van der Waals surface area contributed by atoms with E-state index in [9.17, 15) is 4.79 Å². The zero-order chi connectivity index (χ0) is 15.6. The SMILES string of the molecule is O=C(CCOc1cccc(Br)c1)NCCCN1CCOCC1. The van der Waals surface area contributed by atoms with Crippen molar-refractivity contribution in [1.29, 1.82) is 0 Å². The Morgan fingerprint density at radius 1 is 1.36 bits per heavy atom. The van der Waals surface area contributed by atoms with Crippen LogP contribution in [0.3, 0.4) is 0 Å². The highest BCUT2D eigenvalue weighted by molar-refractivity contribution is 9.10. The smallest absolute Gasteiger partial charge is 0.223 e. The Kier molecular flexibility index (Phi) is 7.70. The summed E-state index contributed by atoms with van der Waals surface area (Å²) in [5.41, 5.74) is 0. The van der Waals surface area contributed by atoms with E-state index in [1.165, 1.54) is 0 Å². The van der Waals surface area contributed by atoms with Gasteiger partial charge in [-0.25, -0.2) is 0 Å². The molecule has 0 saturated carbocycles. The Balaban J connectivity index is 1.50. The number of carbonyl (C=O) groups excluding carboxylic acids is 1. The number of carbonyl (C=O) groups is 1. The maximum Gasteiger partial charge on any atom is 0.223 e.